The average Bonchev–Trinajstić information content (AvgIpc) is 3.29. The van der Waals surface area contributed by atoms with Crippen molar-refractivity contribution in [1.29, 1.82) is 0 Å². The van der Waals surface area contributed by atoms with Crippen LogP contribution in [0.25, 0.3) is 11.1 Å². The Kier molecular flexibility index (Phi) is 5.24. The van der Waals surface area contributed by atoms with Gasteiger partial charge in [0.05, 0.1) is 6.26 Å². The van der Waals surface area contributed by atoms with Crippen LogP contribution in [0.3, 0.4) is 0 Å². The summed E-state index contributed by atoms with van der Waals surface area (Å²) in [7, 11) is 0. The van der Waals surface area contributed by atoms with E-state index in [1.54, 1.807) is 6.26 Å². The number of carbonyl (C=O) groups excluding carboxylic acids is 2. The van der Waals surface area contributed by atoms with Crippen molar-refractivity contribution < 1.29 is 14.0 Å². The number of nitrogens with zero attached hydrogens (tertiary/aromatic N) is 3. The molecule has 0 aliphatic carbocycles. The fourth-order valence-corrected chi connectivity index (χ4v) is 4.15. The van der Waals surface area contributed by atoms with Gasteiger partial charge in [0, 0.05) is 43.2 Å². The number of carbonyl (C=O) groups is 2. The van der Waals surface area contributed by atoms with Crippen molar-refractivity contribution in [3.63, 3.8) is 0 Å². The zero-order valence-corrected chi connectivity index (χ0v) is 17.7. The fourth-order valence-electron chi connectivity index (χ4n) is 4.15. The van der Waals surface area contributed by atoms with E-state index in [0.717, 1.165) is 22.1 Å². The molecule has 1 aromatic carbocycles. The molecule has 1 unspecified atom stereocenters. The lowest BCUT2D eigenvalue weighted by Crippen LogP contribution is -2.55. The lowest BCUT2D eigenvalue weighted by Gasteiger charge is -2.40. The van der Waals surface area contributed by atoms with Crippen molar-refractivity contribution in [2.45, 2.75) is 33.4 Å². The summed E-state index contributed by atoms with van der Waals surface area (Å²) in [6.07, 6.45) is 1.63. The van der Waals surface area contributed by atoms with Gasteiger partial charge in [-0.1, -0.05) is 30.4 Å². The van der Waals surface area contributed by atoms with Gasteiger partial charge in [-0.15, -0.1) is 0 Å². The molecule has 6 heteroatoms. The molecule has 3 heterocycles. The third-order valence-electron chi connectivity index (χ3n) is 5.70. The van der Waals surface area contributed by atoms with E-state index in [1.165, 1.54) is 0 Å². The number of hydrogen-bond donors (Lipinski definition) is 0. The van der Waals surface area contributed by atoms with Crippen molar-refractivity contribution >= 4 is 22.9 Å². The highest BCUT2D eigenvalue weighted by Gasteiger charge is 2.32. The number of benzene rings is 1. The van der Waals surface area contributed by atoms with Crippen molar-refractivity contribution in [2.24, 2.45) is 0 Å². The summed E-state index contributed by atoms with van der Waals surface area (Å²) < 4.78 is 7.48. The van der Waals surface area contributed by atoms with Gasteiger partial charge in [-0.05, 0) is 44.5 Å². The number of allylic oxidation sites excluding steroid dienone is 1. The van der Waals surface area contributed by atoms with Gasteiger partial charge in [0.1, 0.15) is 5.69 Å². The molecule has 0 N–H and O–H groups in total. The smallest absolute Gasteiger partial charge is 0.270 e. The molecule has 1 aliphatic heterocycles. The SMILES string of the molecule is C=C(C)Cn1c(C(=O)N2CCN(C(=O)c3ccccc3C)C(C)C2)cc2ccoc21. The van der Waals surface area contributed by atoms with Crippen LogP contribution in [-0.2, 0) is 6.54 Å². The molecule has 0 saturated carbocycles. The van der Waals surface area contributed by atoms with E-state index in [-0.39, 0.29) is 17.9 Å². The van der Waals surface area contributed by atoms with Crippen molar-refractivity contribution in [1.82, 2.24) is 14.4 Å². The predicted octanol–water partition coefficient (Wildman–Crippen LogP) is 4.11. The summed E-state index contributed by atoms with van der Waals surface area (Å²) in [5.41, 5.74) is 3.91. The fraction of sp³-hybridized carbons (Fsp3) is 0.333. The zero-order chi connectivity index (χ0) is 21.4. The average molecular weight is 405 g/mol. The van der Waals surface area contributed by atoms with E-state index in [1.807, 2.05) is 71.5 Å². The minimum atomic E-state index is -0.0673. The standard InChI is InChI=1S/C24H27N3O3/c1-16(2)14-27-21(13-19-9-12-30-24(19)27)23(29)25-10-11-26(18(4)15-25)22(28)20-8-6-5-7-17(20)3/h5-9,12-13,18H,1,10-11,14-15H2,2-4H3. The number of fused-ring (bicyclic) bond motifs is 1. The monoisotopic (exact) mass is 405 g/mol. The summed E-state index contributed by atoms with van der Waals surface area (Å²) in [5.74, 6) is -0.0200. The Balaban J connectivity index is 1.54. The number of amides is 2. The first-order valence-corrected chi connectivity index (χ1v) is 10.2. The molecule has 3 aromatic rings. The second-order valence-electron chi connectivity index (χ2n) is 8.17. The van der Waals surface area contributed by atoms with Crippen LogP contribution in [0.15, 0.2) is 59.2 Å². The first-order chi connectivity index (χ1) is 14.4. The van der Waals surface area contributed by atoms with Crippen LogP contribution < -0.4 is 0 Å². The second-order valence-corrected chi connectivity index (χ2v) is 8.17. The van der Waals surface area contributed by atoms with Crippen LogP contribution in [0.5, 0.6) is 0 Å². The van der Waals surface area contributed by atoms with Gasteiger partial charge in [-0.25, -0.2) is 0 Å². The highest BCUT2D eigenvalue weighted by atomic mass is 16.3. The number of rotatable bonds is 4. The first-order valence-electron chi connectivity index (χ1n) is 10.2. The molecule has 30 heavy (non-hydrogen) atoms. The van der Waals surface area contributed by atoms with Crippen LogP contribution in [0.4, 0.5) is 0 Å². The Hall–Kier alpha value is -3.28. The molecule has 2 aromatic heterocycles. The normalized spacial score (nSPS) is 16.8. The van der Waals surface area contributed by atoms with Crippen molar-refractivity contribution in [2.75, 3.05) is 19.6 Å². The molecule has 6 nitrogen and oxygen atoms in total. The summed E-state index contributed by atoms with van der Waals surface area (Å²) >= 11 is 0. The van der Waals surface area contributed by atoms with E-state index in [9.17, 15) is 9.59 Å². The molecule has 2 amide bonds. The van der Waals surface area contributed by atoms with Gasteiger partial charge in [0.2, 0.25) is 5.71 Å². The number of aryl methyl sites for hydroxylation is 1. The molecule has 4 rings (SSSR count). The third kappa shape index (κ3) is 3.54. The topological polar surface area (TPSA) is 58.7 Å². The Morgan fingerprint density at radius 3 is 2.63 bits per heavy atom. The number of piperazine rings is 1. The van der Waals surface area contributed by atoms with Crippen LogP contribution in [0.2, 0.25) is 0 Å². The predicted molar refractivity (Wildman–Crippen MR) is 117 cm³/mol. The highest BCUT2D eigenvalue weighted by molar-refractivity contribution is 5.98. The molecule has 0 spiro atoms. The molecule has 0 radical (unpaired) electrons. The number of hydrogen-bond acceptors (Lipinski definition) is 3. The third-order valence-corrected chi connectivity index (χ3v) is 5.70. The number of aromatic nitrogens is 1. The van der Waals surface area contributed by atoms with Gasteiger partial charge in [-0.2, -0.15) is 0 Å². The molecule has 156 valence electrons. The summed E-state index contributed by atoms with van der Waals surface area (Å²) in [6, 6.07) is 11.3. The number of furan rings is 1. The molecule has 1 aliphatic rings. The first kappa shape index (κ1) is 20.0. The maximum atomic E-state index is 13.3. The van der Waals surface area contributed by atoms with E-state index in [2.05, 4.69) is 6.58 Å². The van der Waals surface area contributed by atoms with Gasteiger partial charge < -0.3 is 18.8 Å². The van der Waals surface area contributed by atoms with Gasteiger partial charge >= 0.3 is 0 Å². The minimum Gasteiger partial charge on any atom is -0.448 e. The molecular weight excluding hydrogens is 378 g/mol. The Morgan fingerprint density at radius 2 is 1.93 bits per heavy atom. The Labute approximate surface area is 176 Å². The Bertz CT molecular complexity index is 1120. The zero-order valence-electron chi connectivity index (χ0n) is 17.7. The van der Waals surface area contributed by atoms with Gasteiger partial charge in [0.25, 0.3) is 11.8 Å². The molecular formula is C24H27N3O3. The van der Waals surface area contributed by atoms with Crippen LogP contribution >= 0.6 is 0 Å². The summed E-state index contributed by atoms with van der Waals surface area (Å²) in [4.78, 5) is 30.1. The van der Waals surface area contributed by atoms with Crippen LogP contribution in [0, 0.1) is 6.92 Å². The lowest BCUT2D eigenvalue weighted by molar-refractivity contribution is 0.0409. The van der Waals surface area contributed by atoms with Crippen LogP contribution in [-0.4, -0.2) is 51.9 Å². The van der Waals surface area contributed by atoms with E-state index in [4.69, 9.17) is 4.42 Å². The van der Waals surface area contributed by atoms with Crippen molar-refractivity contribution in [3.8, 4) is 0 Å². The maximum absolute atomic E-state index is 13.3. The molecule has 1 saturated heterocycles. The second kappa shape index (κ2) is 7.86. The van der Waals surface area contributed by atoms with Gasteiger partial charge in [-0.3, -0.25) is 9.59 Å². The lowest BCUT2D eigenvalue weighted by atomic mass is 10.1. The Morgan fingerprint density at radius 1 is 1.17 bits per heavy atom. The summed E-state index contributed by atoms with van der Waals surface area (Å²) in [5, 5.41) is 0.904. The van der Waals surface area contributed by atoms with E-state index in [0.29, 0.717) is 37.6 Å². The highest BCUT2D eigenvalue weighted by Crippen LogP contribution is 2.25. The largest absolute Gasteiger partial charge is 0.448 e. The minimum absolute atomic E-state index is 0.0240. The van der Waals surface area contributed by atoms with E-state index >= 15 is 0 Å². The van der Waals surface area contributed by atoms with Gasteiger partial charge in [0.15, 0.2) is 0 Å². The van der Waals surface area contributed by atoms with Crippen molar-refractivity contribution in [3.05, 3.63) is 71.6 Å². The molecule has 1 atom stereocenters. The molecule has 0 bridgehead atoms. The van der Waals surface area contributed by atoms with E-state index < -0.39 is 0 Å². The quantitative estimate of drug-likeness (QED) is 0.614. The van der Waals surface area contributed by atoms with Crippen LogP contribution in [0.1, 0.15) is 40.3 Å². The maximum Gasteiger partial charge on any atom is 0.270 e. The molecule has 1 fully saturated rings. The summed E-state index contributed by atoms with van der Waals surface area (Å²) in [6.45, 7) is 11.9.